The van der Waals surface area contributed by atoms with E-state index < -0.39 is 33.9 Å². The number of alkyl halides is 10. The number of aromatic nitrogens is 6. The lowest BCUT2D eigenvalue weighted by atomic mass is 10.4. The van der Waals surface area contributed by atoms with E-state index in [1.807, 2.05) is 0 Å². The monoisotopic (exact) mass is 560 g/mol. The third-order valence-electron chi connectivity index (χ3n) is 2.68. The van der Waals surface area contributed by atoms with Crippen molar-refractivity contribution in [2.45, 2.75) is 16.3 Å². The van der Waals surface area contributed by atoms with Crippen molar-refractivity contribution in [2.75, 3.05) is 0 Å². The van der Waals surface area contributed by atoms with E-state index in [1.54, 1.807) is 0 Å². The summed E-state index contributed by atoms with van der Waals surface area (Å²) < 4.78 is -8.10. The van der Waals surface area contributed by atoms with Gasteiger partial charge in [-0.3, -0.25) is 0 Å². The van der Waals surface area contributed by atoms with Gasteiger partial charge in [0, 0.05) is 0 Å². The van der Waals surface area contributed by atoms with Gasteiger partial charge in [-0.15, -0.1) is 5.10 Å². The van der Waals surface area contributed by atoms with Gasteiger partial charge < -0.3 is 0 Å². The van der Waals surface area contributed by atoms with Crippen molar-refractivity contribution in [3.63, 3.8) is 0 Å². The molecule has 0 N–H and O–H groups in total. The molecular weight excluding hydrogens is 563 g/mol. The molecule has 0 fully saturated rings. The first-order valence-corrected chi connectivity index (χ1v) is 9.65. The van der Waals surface area contributed by atoms with Crippen LogP contribution in [0.5, 0.6) is 0 Å². The van der Waals surface area contributed by atoms with Crippen molar-refractivity contribution >= 4 is 122 Å². The Bertz CT molecular complexity index is 804. The average Bonchev–Trinajstić information content (AvgIpc) is 3.14. The van der Waals surface area contributed by atoms with Crippen LogP contribution in [-0.4, -0.2) is 43.1 Å². The van der Waals surface area contributed by atoms with E-state index in [0.717, 1.165) is 17.3 Å². The molecule has 0 atom stereocenters. The number of carbonyl (C=O) groups excluding carboxylic acids is 1. The lowest BCUT2D eigenvalue weighted by Crippen LogP contribution is -2.35. The van der Waals surface area contributed by atoms with E-state index in [0.29, 0.717) is 4.68 Å². The van der Waals surface area contributed by atoms with Crippen LogP contribution in [0.3, 0.4) is 0 Å². The Morgan fingerprint density at radius 2 is 1.42 bits per heavy atom. The van der Waals surface area contributed by atoms with Crippen LogP contribution in [-0.2, 0) is 8.67 Å². The normalized spacial score (nSPS) is 13.9. The zero-order valence-electron chi connectivity index (χ0n) is 11.5. The Labute approximate surface area is 195 Å². The van der Waals surface area contributed by atoms with Gasteiger partial charge >= 0.3 is 6.03 Å². The molecule has 7 nitrogen and oxygen atoms in total. The molecule has 2 rings (SSSR count). The molecule has 0 aliphatic carbocycles. The summed E-state index contributed by atoms with van der Waals surface area (Å²) in [5, 5.41) is 7.43. The number of halogens is 10. The molecular formula is C9H2Cl10N6O. The quantitative estimate of drug-likeness (QED) is 0.458. The molecule has 0 unspecified atom stereocenters. The summed E-state index contributed by atoms with van der Waals surface area (Å²) in [6.07, 6.45) is 2.13. The Kier molecular flexibility index (Phi) is 6.76. The highest BCUT2D eigenvalue weighted by atomic mass is 35.6. The Hall–Kier alpha value is 0.850. The van der Waals surface area contributed by atoms with E-state index in [4.69, 9.17) is 116 Å². The van der Waals surface area contributed by atoms with Crippen LogP contribution < -0.4 is 0 Å². The molecule has 0 saturated heterocycles. The highest BCUT2D eigenvalue weighted by Gasteiger charge is 2.56. The molecule has 0 aliphatic heterocycles. The zero-order chi connectivity index (χ0) is 20.1. The minimum atomic E-state index is -2.39. The number of hydrogen-bond donors (Lipinski definition) is 0. The number of nitrogens with zero attached hydrogens (tertiary/aromatic N) is 6. The molecule has 26 heavy (non-hydrogen) atoms. The Balaban J connectivity index is 2.72. The second-order valence-corrected chi connectivity index (χ2v) is 11.7. The van der Waals surface area contributed by atoms with Crippen LogP contribution in [0, 0.1) is 0 Å². The fourth-order valence-electron chi connectivity index (χ4n) is 1.44. The summed E-state index contributed by atoms with van der Waals surface area (Å²) in [4.78, 5) is 20.0. The second-order valence-electron chi connectivity index (χ2n) is 4.44. The molecule has 0 bridgehead atoms. The molecule has 0 spiro atoms. The van der Waals surface area contributed by atoms with Crippen LogP contribution >= 0.6 is 116 Å². The summed E-state index contributed by atoms with van der Waals surface area (Å²) in [5.41, 5.74) is 0. The van der Waals surface area contributed by atoms with Crippen molar-refractivity contribution < 1.29 is 4.79 Å². The van der Waals surface area contributed by atoms with Crippen molar-refractivity contribution in [3.05, 3.63) is 24.3 Å². The largest absolute Gasteiger partial charge is 0.372 e. The lowest BCUT2D eigenvalue weighted by Gasteiger charge is -2.26. The molecule has 2 aromatic heterocycles. The average molecular weight is 565 g/mol. The van der Waals surface area contributed by atoms with E-state index in [2.05, 4.69) is 20.2 Å². The van der Waals surface area contributed by atoms with E-state index >= 15 is 0 Å². The maximum atomic E-state index is 12.6. The van der Waals surface area contributed by atoms with Crippen LogP contribution in [0.2, 0.25) is 0 Å². The molecule has 0 amide bonds. The van der Waals surface area contributed by atoms with Gasteiger partial charge in [-0.05, 0) is 0 Å². The fraction of sp³-hybridized carbons (Fsp3) is 0.444. The lowest BCUT2D eigenvalue weighted by molar-refractivity contribution is 0.237. The second kappa shape index (κ2) is 7.59. The minimum Gasteiger partial charge on any atom is -0.243 e. The van der Waals surface area contributed by atoms with Gasteiger partial charge in [0.2, 0.25) is 16.3 Å². The van der Waals surface area contributed by atoms with Crippen molar-refractivity contribution in [2.24, 2.45) is 0 Å². The van der Waals surface area contributed by atoms with Crippen molar-refractivity contribution in [3.8, 4) is 0 Å². The molecule has 0 saturated carbocycles. The third kappa shape index (κ3) is 4.22. The fourth-order valence-corrected chi connectivity index (χ4v) is 2.35. The molecule has 0 aromatic carbocycles. The third-order valence-corrected chi connectivity index (χ3v) is 7.35. The maximum Gasteiger partial charge on any atom is 0.372 e. The topological polar surface area (TPSA) is 78.5 Å². The van der Waals surface area contributed by atoms with Gasteiger partial charge in [0.05, 0.1) is 0 Å². The number of rotatable bonds is 2. The molecule has 0 aliphatic rings. The first-order valence-electron chi connectivity index (χ1n) is 5.87. The van der Waals surface area contributed by atoms with Crippen molar-refractivity contribution in [1.82, 2.24) is 29.5 Å². The summed E-state index contributed by atoms with van der Waals surface area (Å²) in [6.45, 7) is 0. The zero-order valence-corrected chi connectivity index (χ0v) is 19.1. The molecule has 17 heteroatoms. The van der Waals surface area contributed by atoms with Gasteiger partial charge in [0.15, 0.2) is 11.6 Å². The molecule has 2 aromatic rings. The van der Waals surface area contributed by atoms with Crippen LogP contribution in [0.1, 0.15) is 11.6 Å². The first kappa shape index (κ1) is 23.1. The van der Waals surface area contributed by atoms with Gasteiger partial charge in [0.25, 0.3) is 0 Å². The van der Waals surface area contributed by atoms with Crippen molar-refractivity contribution in [1.29, 1.82) is 0 Å². The first-order chi connectivity index (χ1) is 11.6. The molecule has 144 valence electrons. The highest BCUT2D eigenvalue weighted by molar-refractivity contribution is 6.76. The Morgan fingerprint density at radius 1 is 0.885 bits per heavy atom. The summed E-state index contributed by atoms with van der Waals surface area (Å²) in [6, 6.07) is -0.968. The minimum absolute atomic E-state index is 0.530. The smallest absolute Gasteiger partial charge is 0.243 e. The van der Waals surface area contributed by atoms with Gasteiger partial charge in [-0.2, -0.15) is 14.5 Å². The number of hydrogen-bond acceptors (Lipinski definition) is 5. The summed E-state index contributed by atoms with van der Waals surface area (Å²) in [5.74, 6) is -1.12. The van der Waals surface area contributed by atoms with E-state index in [1.165, 1.54) is 0 Å². The van der Waals surface area contributed by atoms with Gasteiger partial charge in [-0.25, -0.2) is 14.8 Å². The maximum absolute atomic E-state index is 12.6. The molecule has 2 heterocycles. The van der Waals surface area contributed by atoms with E-state index in [9.17, 15) is 4.79 Å². The van der Waals surface area contributed by atoms with Crippen LogP contribution in [0.15, 0.2) is 12.7 Å². The predicted octanol–water partition coefficient (Wildman–Crippen LogP) is 5.39. The summed E-state index contributed by atoms with van der Waals surface area (Å²) in [7, 11) is 0. The Morgan fingerprint density at radius 3 is 1.85 bits per heavy atom. The summed E-state index contributed by atoms with van der Waals surface area (Å²) >= 11 is 58.7. The molecule has 0 radical (unpaired) electrons. The highest BCUT2D eigenvalue weighted by Crippen LogP contribution is 2.55. The van der Waals surface area contributed by atoms with Gasteiger partial charge in [0.1, 0.15) is 12.7 Å². The van der Waals surface area contributed by atoms with Crippen LogP contribution in [0.4, 0.5) is 4.79 Å². The van der Waals surface area contributed by atoms with Gasteiger partial charge in [-0.1, -0.05) is 116 Å². The van der Waals surface area contributed by atoms with E-state index in [-0.39, 0.29) is 0 Å². The number of carbonyl (C=O) groups is 1. The SMILES string of the molecule is O=C(n1cncn1)n1nc(C(Cl)(Cl)C(Cl)(Cl)Cl)nc1C(Cl)(Cl)C(Cl)(Cl)Cl. The predicted molar refractivity (Wildman–Crippen MR) is 104 cm³/mol. The standard InChI is InChI=1S/C9H2Cl10N6O/c10-6(11,8(14,15)16)3-22-4(7(12,13)9(17,18)19)25(23-3)5(26)24-2-20-1-21-24/h1-2H. The van der Waals surface area contributed by atoms with Crippen LogP contribution in [0.25, 0.3) is 0 Å².